The number of ether oxygens (including phenoxy) is 1. The highest BCUT2D eigenvalue weighted by molar-refractivity contribution is 5.79. The molecule has 204 valence electrons. The number of aryl methyl sites for hydroxylation is 1. The molecule has 1 saturated heterocycles. The second kappa shape index (κ2) is 11.4. The number of anilines is 1. The predicted octanol–water partition coefficient (Wildman–Crippen LogP) is 4.92. The molecule has 1 fully saturated rings. The zero-order chi connectivity index (χ0) is 27.5. The van der Waals surface area contributed by atoms with Crippen LogP contribution in [0.15, 0.2) is 95.8 Å². The van der Waals surface area contributed by atoms with Gasteiger partial charge in [0.2, 0.25) is 0 Å². The largest absolute Gasteiger partial charge is 0.497 e. The highest BCUT2D eigenvalue weighted by Gasteiger charge is 2.21. The molecule has 0 bridgehead atoms. The number of hydrogen-bond donors (Lipinski definition) is 0. The third-order valence-electron chi connectivity index (χ3n) is 7.81. The minimum absolute atomic E-state index is 0.0386. The van der Waals surface area contributed by atoms with E-state index in [0.717, 1.165) is 73.0 Å². The van der Waals surface area contributed by atoms with E-state index in [1.807, 2.05) is 66.2 Å². The molecular weight excluding hydrogens is 498 g/mol. The van der Waals surface area contributed by atoms with Crippen molar-refractivity contribution in [2.45, 2.75) is 19.9 Å². The molecule has 0 N–H and O–H groups in total. The second-order valence-electron chi connectivity index (χ2n) is 10.4. The van der Waals surface area contributed by atoms with Gasteiger partial charge in [-0.2, -0.15) is 0 Å². The molecule has 1 aliphatic heterocycles. The number of fused-ring (bicyclic) bond motifs is 1. The standard InChI is InChI=1S/C33H35N5O2/c1-25-23-27(17-18-35-19-21-36(22-20-35)28-9-5-3-6-10-28)34-32-31(25)33(39)38(29-11-7-4-8-12-29)37(32)24-26-13-15-30(40-2)16-14-26/h3-16,23H,17-22,24H2,1-2H3. The van der Waals surface area contributed by atoms with E-state index in [0.29, 0.717) is 11.9 Å². The first kappa shape index (κ1) is 25.9. The van der Waals surface area contributed by atoms with Crippen molar-refractivity contribution in [2.24, 2.45) is 0 Å². The van der Waals surface area contributed by atoms with E-state index in [-0.39, 0.29) is 5.56 Å². The first-order chi connectivity index (χ1) is 19.6. The Balaban J connectivity index is 1.28. The maximum absolute atomic E-state index is 13.8. The molecular formula is C33H35N5O2. The fourth-order valence-corrected chi connectivity index (χ4v) is 5.63. The average molecular weight is 534 g/mol. The van der Waals surface area contributed by atoms with Gasteiger partial charge in [-0.25, -0.2) is 9.67 Å². The van der Waals surface area contributed by atoms with Crippen LogP contribution in [-0.2, 0) is 13.0 Å². The molecule has 7 nitrogen and oxygen atoms in total. The van der Waals surface area contributed by atoms with Crippen LogP contribution in [0.2, 0.25) is 0 Å². The van der Waals surface area contributed by atoms with E-state index in [1.54, 1.807) is 11.8 Å². The molecule has 40 heavy (non-hydrogen) atoms. The quantitative estimate of drug-likeness (QED) is 0.284. The molecule has 1 aliphatic rings. The first-order valence-electron chi connectivity index (χ1n) is 13.9. The van der Waals surface area contributed by atoms with E-state index < -0.39 is 0 Å². The van der Waals surface area contributed by atoms with Crippen LogP contribution in [0.25, 0.3) is 16.7 Å². The number of piperazine rings is 1. The maximum atomic E-state index is 13.8. The summed E-state index contributed by atoms with van der Waals surface area (Å²) in [6, 6.07) is 30.5. The van der Waals surface area contributed by atoms with Crippen molar-refractivity contribution in [3.8, 4) is 11.4 Å². The van der Waals surface area contributed by atoms with Crippen molar-refractivity contribution >= 4 is 16.7 Å². The van der Waals surface area contributed by atoms with Crippen LogP contribution in [0.4, 0.5) is 5.69 Å². The van der Waals surface area contributed by atoms with Gasteiger partial charge in [-0.1, -0.05) is 48.5 Å². The Kier molecular flexibility index (Phi) is 7.38. The van der Waals surface area contributed by atoms with Gasteiger partial charge in [0, 0.05) is 50.5 Å². The third kappa shape index (κ3) is 5.25. The van der Waals surface area contributed by atoms with Crippen LogP contribution in [0.3, 0.4) is 0 Å². The molecule has 3 heterocycles. The SMILES string of the molecule is COc1ccc(Cn2c3nc(CCN4CCN(c5ccccc5)CC4)cc(C)c3c(=O)n2-c2ccccc2)cc1. The highest BCUT2D eigenvalue weighted by Crippen LogP contribution is 2.22. The van der Waals surface area contributed by atoms with E-state index in [9.17, 15) is 4.79 Å². The van der Waals surface area contributed by atoms with Crippen molar-refractivity contribution in [1.82, 2.24) is 19.2 Å². The summed E-state index contributed by atoms with van der Waals surface area (Å²) in [5.41, 5.74) is 5.88. The van der Waals surface area contributed by atoms with E-state index in [4.69, 9.17) is 9.72 Å². The minimum atomic E-state index is -0.0386. The van der Waals surface area contributed by atoms with Gasteiger partial charge in [0.15, 0.2) is 5.65 Å². The molecule has 0 spiro atoms. The molecule has 0 aliphatic carbocycles. The van der Waals surface area contributed by atoms with Crippen molar-refractivity contribution < 1.29 is 4.74 Å². The van der Waals surface area contributed by atoms with Crippen LogP contribution in [-0.4, -0.2) is 59.1 Å². The number of para-hydroxylation sites is 2. The minimum Gasteiger partial charge on any atom is -0.497 e. The second-order valence-corrected chi connectivity index (χ2v) is 10.4. The molecule has 5 aromatic rings. The van der Waals surface area contributed by atoms with Crippen LogP contribution in [0.5, 0.6) is 5.75 Å². The predicted molar refractivity (Wildman–Crippen MR) is 161 cm³/mol. The number of nitrogens with zero attached hydrogens (tertiary/aromatic N) is 5. The van der Waals surface area contributed by atoms with Crippen molar-refractivity contribution in [2.75, 3.05) is 44.7 Å². The number of rotatable bonds is 8. The molecule has 7 heteroatoms. The summed E-state index contributed by atoms with van der Waals surface area (Å²) < 4.78 is 9.13. The molecule has 0 atom stereocenters. The van der Waals surface area contributed by atoms with Gasteiger partial charge in [0.05, 0.1) is 24.7 Å². The Morgan fingerprint density at radius 1 is 0.825 bits per heavy atom. The topological polar surface area (TPSA) is 55.5 Å². The van der Waals surface area contributed by atoms with Crippen LogP contribution in [0.1, 0.15) is 16.8 Å². The normalized spacial score (nSPS) is 14.1. The molecule has 3 aromatic carbocycles. The van der Waals surface area contributed by atoms with Gasteiger partial charge < -0.3 is 9.64 Å². The average Bonchev–Trinajstić information content (AvgIpc) is 3.28. The maximum Gasteiger partial charge on any atom is 0.281 e. The Morgan fingerprint density at radius 2 is 1.48 bits per heavy atom. The lowest BCUT2D eigenvalue weighted by atomic mass is 10.1. The number of methoxy groups -OCH3 is 1. The van der Waals surface area contributed by atoms with Crippen molar-refractivity contribution in [1.29, 1.82) is 0 Å². The van der Waals surface area contributed by atoms with Crippen molar-refractivity contribution in [3.63, 3.8) is 0 Å². The van der Waals surface area contributed by atoms with Crippen molar-refractivity contribution in [3.05, 3.63) is 118 Å². The lowest BCUT2D eigenvalue weighted by Gasteiger charge is -2.36. The lowest BCUT2D eigenvalue weighted by Crippen LogP contribution is -2.47. The van der Waals surface area contributed by atoms with Gasteiger partial charge in [-0.05, 0) is 60.5 Å². The number of pyridine rings is 1. The van der Waals surface area contributed by atoms with Gasteiger partial charge in [0.1, 0.15) is 5.75 Å². The zero-order valence-electron chi connectivity index (χ0n) is 23.2. The van der Waals surface area contributed by atoms with Gasteiger partial charge >= 0.3 is 0 Å². The number of benzene rings is 3. The Morgan fingerprint density at radius 3 is 2.12 bits per heavy atom. The fraction of sp³-hybridized carbons (Fsp3) is 0.273. The molecule has 0 amide bonds. The summed E-state index contributed by atoms with van der Waals surface area (Å²) in [4.78, 5) is 23.9. The Hall–Kier alpha value is -4.36. The Labute approximate surface area is 234 Å². The van der Waals surface area contributed by atoms with E-state index in [2.05, 4.69) is 46.2 Å². The molecule has 0 radical (unpaired) electrons. The highest BCUT2D eigenvalue weighted by atomic mass is 16.5. The first-order valence-corrected chi connectivity index (χ1v) is 13.9. The summed E-state index contributed by atoms with van der Waals surface area (Å²) in [5.74, 6) is 0.808. The van der Waals surface area contributed by atoms with Crippen LogP contribution < -0.4 is 15.2 Å². The fourth-order valence-electron chi connectivity index (χ4n) is 5.63. The van der Waals surface area contributed by atoms with Crippen LogP contribution >= 0.6 is 0 Å². The summed E-state index contributed by atoms with van der Waals surface area (Å²) in [7, 11) is 1.67. The zero-order valence-corrected chi connectivity index (χ0v) is 23.2. The smallest absolute Gasteiger partial charge is 0.281 e. The Bertz CT molecular complexity index is 1630. The van der Waals surface area contributed by atoms with Gasteiger partial charge in [-0.15, -0.1) is 0 Å². The summed E-state index contributed by atoms with van der Waals surface area (Å²) in [6.07, 6.45) is 0.843. The molecule has 2 aromatic heterocycles. The van der Waals surface area contributed by atoms with Crippen LogP contribution in [0, 0.1) is 6.92 Å². The summed E-state index contributed by atoms with van der Waals surface area (Å²) in [5, 5.41) is 0.678. The molecule has 0 unspecified atom stereocenters. The monoisotopic (exact) mass is 533 g/mol. The van der Waals surface area contributed by atoms with E-state index in [1.165, 1.54) is 5.69 Å². The molecule has 6 rings (SSSR count). The lowest BCUT2D eigenvalue weighted by molar-refractivity contribution is 0.260. The van der Waals surface area contributed by atoms with Gasteiger partial charge in [-0.3, -0.25) is 14.4 Å². The summed E-state index contributed by atoms with van der Waals surface area (Å²) >= 11 is 0. The van der Waals surface area contributed by atoms with Gasteiger partial charge in [0.25, 0.3) is 5.56 Å². The third-order valence-corrected chi connectivity index (χ3v) is 7.81. The molecule has 0 saturated carbocycles. The number of hydrogen-bond acceptors (Lipinski definition) is 5. The van der Waals surface area contributed by atoms with E-state index >= 15 is 0 Å². The summed E-state index contributed by atoms with van der Waals surface area (Å²) in [6.45, 7) is 7.61. The number of aromatic nitrogens is 3.